The van der Waals surface area contributed by atoms with Crippen molar-refractivity contribution >= 4 is 41.5 Å². The summed E-state index contributed by atoms with van der Waals surface area (Å²) >= 11 is 6.14. The Morgan fingerprint density at radius 3 is 2.84 bits per heavy atom. The van der Waals surface area contributed by atoms with Gasteiger partial charge >= 0.3 is 0 Å². The summed E-state index contributed by atoms with van der Waals surface area (Å²) < 4.78 is 2.05. The van der Waals surface area contributed by atoms with Crippen molar-refractivity contribution in [2.24, 2.45) is 4.99 Å². The lowest BCUT2D eigenvalue weighted by atomic mass is 9.96. The maximum absolute atomic E-state index is 6.14. The number of halogens is 2. The zero-order valence-electron chi connectivity index (χ0n) is 14.4. The lowest BCUT2D eigenvalue weighted by molar-refractivity contribution is 0.653. The number of guanidine groups is 1. The van der Waals surface area contributed by atoms with Gasteiger partial charge in [0.1, 0.15) is 0 Å². The van der Waals surface area contributed by atoms with Crippen LogP contribution in [0, 0.1) is 0 Å². The molecule has 1 aromatic carbocycles. The summed E-state index contributed by atoms with van der Waals surface area (Å²) in [6.45, 7) is 5.39. The van der Waals surface area contributed by atoms with Crippen LogP contribution in [0.4, 0.5) is 0 Å². The third kappa shape index (κ3) is 5.60. The molecule has 0 bridgehead atoms. The Kier molecular flexibility index (Phi) is 7.56. The number of hydrogen-bond acceptors (Lipinski definition) is 2. The molecule has 7 heteroatoms. The van der Waals surface area contributed by atoms with E-state index in [1.165, 1.54) is 18.4 Å². The predicted octanol–water partition coefficient (Wildman–Crippen LogP) is 3.44. The van der Waals surface area contributed by atoms with E-state index >= 15 is 0 Å². The standard InChI is InChI=1S/C18H24ClN5.HI/c1-2-21-17(22-9-11-24-10-8-20-14-24)23-13-18(6-7-18)15-4-3-5-16(19)12-15;/h3-5,8,10,12,14H,2,6-7,9,11,13H2,1H3,(H2,21,22,23);1H. The Hall–Kier alpha value is -1.28. The van der Waals surface area contributed by atoms with Crippen molar-refractivity contribution in [1.29, 1.82) is 0 Å². The van der Waals surface area contributed by atoms with Gasteiger partial charge in [0.25, 0.3) is 0 Å². The molecule has 0 radical (unpaired) electrons. The van der Waals surface area contributed by atoms with Crippen LogP contribution in [0.2, 0.25) is 5.02 Å². The van der Waals surface area contributed by atoms with E-state index in [1.54, 1.807) is 6.20 Å². The molecule has 1 heterocycles. The van der Waals surface area contributed by atoms with Crippen molar-refractivity contribution < 1.29 is 0 Å². The van der Waals surface area contributed by atoms with E-state index < -0.39 is 0 Å². The average molecular weight is 474 g/mol. The molecule has 0 atom stereocenters. The zero-order valence-corrected chi connectivity index (χ0v) is 17.5. The fourth-order valence-electron chi connectivity index (χ4n) is 2.80. The minimum Gasteiger partial charge on any atom is -0.357 e. The Bertz CT molecular complexity index is 683. The van der Waals surface area contributed by atoms with Gasteiger partial charge < -0.3 is 15.2 Å². The number of aromatic nitrogens is 2. The van der Waals surface area contributed by atoms with E-state index in [0.29, 0.717) is 0 Å². The first-order valence-corrected chi connectivity index (χ1v) is 8.84. The topological polar surface area (TPSA) is 54.2 Å². The normalized spacial score (nSPS) is 15.4. The first kappa shape index (κ1) is 20.0. The highest BCUT2D eigenvalue weighted by molar-refractivity contribution is 14.0. The van der Waals surface area contributed by atoms with E-state index in [1.807, 2.05) is 29.2 Å². The van der Waals surface area contributed by atoms with Gasteiger partial charge in [-0.2, -0.15) is 0 Å². The van der Waals surface area contributed by atoms with Crippen LogP contribution in [-0.4, -0.2) is 35.1 Å². The van der Waals surface area contributed by atoms with Gasteiger partial charge in [-0.05, 0) is 37.5 Å². The van der Waals surface area contributed by atoms with Crippen molar-refractivity contribution in [3.05, 3.63) is 53.6 Å². The Morgan fingerprint density at radius 1 is 1.36 bits per heavy atom. The number of nitrogens with zero attached hydrogens (tertiary/aromatic N) is 3. The molecule has 0 unspecified atom stereocenters. The summed E-state index contributed by atoms with van der Waals surface area (Å²) in [5, 5.41) is 7.50. The molecule has 5 nitrogen and oxygen atoms in total. The second-order valence-corrected chi connectivity index (χ2v) is 6.65. The van der Waals surface area contributed by atoms with Crippen LogP contribution in [-0.2, 0) is 12.0 Å². The monoisotopic (exact) mass is 473 g/mol. The molecular weight excluding hydrogens is 449 g/mol. The Balaban J connectivity index is 0.00000225. The SMILES string of the molecule is CCNC(=NCC1(c2cccc(Cl)c2)CC1)NCCn1ccnc1.I. The van der Waals surface area contributed by atoms with Crippen molar-refractivity contribution in [3.63, 3.8) is 0 Å². The number of hydrogen-bond donors (Lipinski definition) is 2. The molecule has 2 aromatic rings. The largest absolute Gasteiger partial charge is 0.357 e. The smallest absolute Gasteiger partial charge is 0.191 e. The molecule has 25 heavy (non-hydrogen) atoms. The van der Waals surface area contributed by atoms with Gasteiger partial charge in [0, 0.05) is 42.5 Å². The maximum Gasteiger partial charge on any atom is 0.191 e. The van der Waals surface area contributed by atoms with Crippen molar-refractivity contribution in [1.82, 2.24) is 20.2 Å². The minimum absolute atomic E-state index is 0. The molecule has 1 aliphatic rings. The molecule has 1 fully saturated rings. The number of imidazole rings is 1. The minimum atomic E-state index is 0. The molecule has 1 aromatic heterocycles. The highest BCUT2D eigenvalue weighted by Gasteiger charge is 2.44. The first-order valence-electron chi connectivity index (χ1n) is 8.46. The van der Waals surface area contributed by atoms with Crippen LogP contribution < -0.4 is 10.6 Å². The van der Waals surface area contributed by atoms with Crippen molar-refractivity contribution in [3.8, 4) is 0 Å². The zero-order chi connectivity index (χ0) is 16.8. The molecule has 0 saturated heterocycles. The van der Waals surface area contributed by atoms with E-state index in [9.17, 15) is 0 Å². The quantitative estimate of drug-likeness (QED) is 0.368. The van der Waals surface area contributed by atoms with Gasteiger partial charge in [-0.1, -0.05) is 23.7 Å². The van der Waals surface area contributed by atoms with Crippen LogP contribution in [0.5, 0.6) is 0 Å². The molecule has 2 N–H and O–H groups in total. The summed E-state index contributed by atoms with van der Waals surface area (Å²) in [6.07, 6.45) is 7.92. The third-order valence-electron chi connectivity index (χ3n) is 4.40. The van der Waals surface area contributed by atoms with Crippen molar-refractivity contribution in [2.45, 2.75) is 31.7 Å². The highest BCUT2D eigenvalue weighted by Crippen LogP contribution is 2.48. The van der Waals surface area contributed by atoms with Gasteiger partial charge in [0.2, 0.25) is 0 Å². The summed E-state index contributed by atoms with van der Waals surface area (Å²) in [5.74, 6) is 0.867. The van der Waals surface area contributed by atoms with E-state index in [4.69, 9.17) is 16.6 Å². The van der Waals surface area contributed by atoms with Gasteiger partial charge in [-0.15, -0.1) is 24.0 Å². The van der Waals surface area contributed by atoms with Gasteiger partial charge in [0.05, 0.1) is 12.9 Å². The van der Waals surface area contributed by atoms with Gasteiger partial charge in [-0.3, -0.25) is 4.99 Å². The van der Waals surface area contributed by atoms with E-state index in [0.717, 1.165) is 37.2 Å². The fraction of sp³-hybridized carbons (Fsp3) is 0.444. The molecule has 1 saturated carbocycles. The van der Waals surface area contributed by atoms with Crippen LogP contribution in [0.1, 0.15) is 25.3 Å². The second-order valence-electron chi connectivity index (χ2n) is 6.21. The predicted molar refractivity (Wildman–Crippen MR) is 114 cm³/mol. The summed E-state index contributed by atoms with van der Waals surface area (Å²) in [6, 6.07) is 8.18. The van der Waals surface area contributed by atoms with E-state index in [2.05, 4.69) is 34.7 Å². The Labute approximate surface area is 171 Å². The third-order valence-corrected chi connectivity index (χ3v) is 4.63. The number of nitrogens with one attached hydrogen (secondary N) is 2. The van der Waals surface area contributed by atoms with Gasteiger partial charge in [-0.25, -0.2) is 4.98 Å². The van der Waals surface area contributed by atoms with Crippen molar-refractivity contribution in [2.75, 3.05) is 19.6 Å². The average Bonchev–Trinajstić information content (AvgIpc) is 3.20. The second kappa shape index (κ2) is 9.43. The maximum atomic E-state index is 6.14. The molecular formula is C18H25ClIN5. The lowest BCUT2D eigenvalue weighted by Crippen LogP contribution is -2.39. The van der Waals surface area contributed by atoms with Crippen LogP contribution in [0.25, 0.3) is 0 Å². The molecule has 0 spiro atoms. The van der Waals surface area contributed by atoms with Crippen LogP contribution in [0.15, 0.2) is 48.0 Å². The van der Waals surface area contributed by atoms with Gasteiger partial charge in [0.15, 0.2) is 5.96 Å². The molecule has 136 valence electrons. The molecule has 1 aliphatic carbocycles. The molecule has 3 rings (SSSR count). The van der Waals surface area contributed by atoms with Crippen LogP contribution >= 0.6 is 35.6 Å². The molecule has 0 amide bonds. The molecule has 0 aliphatic heterocycles. The lowest BCUT2D eigenvalue weighted by Gasteiger charge is -2.16. The highest BCUT2D eigenvalue weighted by atomic mass is 127. The van der Waals surface area contributed by atoms with E-state index in [-0.39, 0.29) is 29.4 Å². The summed E-state index contributed by atoms with van der Waals surface area (Å²) in [7, 11) is 0. The first-order chi connectivity index (χ1) is 11.7. The summed E-state index contributed by atoms with van der Waals surface area (Å²) in [5.41, 5.74) is 1.46. The number of aliphatic imine (C=N–C) groups is 1. The van der Waals surface area contributed by atoms with Crippen LogP contribution in [0.3, 0.4) is 0 Å². The summed E-state index contributed by atoms with van der Waals surface area (Å²) in [4.78, 5) is 8.85. The Morgan fingerprint density at radius 2 is 2.20 bits per heavy atom. The number of benzene rings is 1. The number of rotatable bonds is 7. The fourth-order valence-corrected chi connectivity index (χ4v) is 2.99.